The fourth-order valence-electron chi connectivity index (χ4n) is 2.06. The molecule has 0 atom stereocenters. The molecule has 0 saturated carbocycles. The second-order valence-electron chi connectivity index (χ2n) is 3.90. The fourth-order valence-corrected chi connectivity index (χ4v) is 2.77. The molecule has 3 nitrogen and oxygen atoms in total. The molecule has 1 aromatic heterocycles. The number of halogens is 1. The van der Waals surface area contributed by atoms with Crippen molar-refractivity contribution < 1.29 is 0 Å². The van der Waals surface area contributed by atoms with Crippen LogP contribution in [0, 0.1) is 0 Å². The maximum Gasteiger partial charge on any atom is 0.209 e. The lowest BCUT2D eigenvalue weighted by Crippen LogP contribution is -2.10. The lowest BCUT2D eigenvalue weighted by molar-refractivity contribution is 0.761. The molecular formula is C12H10BrN3S. The van der Waals surface area contributed by atoms with Crippen LogP contribution in [-0.4, -0.2) is 21.4 Å². The minimum atomic E-state index is 0.736. The third-order valence-corrected chi connectivity index (χ3v) is 3.90. The third kappa shape index (κ3) is 1.98. The summed E-state index contributed by atoms with van der Waals surface area (Å²) >= 11 is 5.03. The molecule has 0 bridgehead atoms. The standard InChI is InChI=1S/C12H10BrN3S/c1-17-12-14-11-9-4-3-8(13)6-7(9)2-5-10(11)15-16-12/h3-4,6H,2,5H2,1H3. The van der Waals surface area contributed by atoms with Crippen molar-refractivity contribution in [3.63, 3.8) is 0 Å². The van der Waals surface area contributed by atoms with Crippen molar-refractivity contribution in [3.8, 4) is 11.3 Å². The van der Waals surface area contributed by atoms with E-state index in [1.807, 2.05) is 6.26 Å². The van der Waals surface area contributed by atoms with Gasteiger partial charge in [-0.1, -0.05) is 33.8 Å². The monoisotopic (exact) mass is 307 g/mol. The van der Waals surface area contributed by atoms with Gasteiger partial charge in [-0.3, -0.25) is 0 Å². The molecule has 1 aliphatic rings. The summed E-state index contributed by atoms with van der Waals surface area (Å²) in [5.41, 5.74) is 4.54. The van der Waals surface area contributed by atoms with Crippen LogP contribution in [0.15, 0.2) is 27.8 Å². The zero-order valence-corrected chi connectivity index (χ0v) is 11.7. The van der Waals surface area contributed by atoms with Gasteiger partial charge in [-0.25, -0.2) is 4.98 Å². The van der Waals surface area contributed by atoms with Gasteiger partial charge in [0.1, 0.15) is 0 Å². The van der Waals surface area contributed by atoms with E-state index in [0.717, 1.165) is 33.9 Å². The highest BCUT2D eigenvalue weighted by Gasteiger charge is 2.19. The van der Waals surface area contributed by atoms with E-state index in [2.05, 4.69) is 49.3 Å². The van der Waals surface area contributed by atoms with Crippen molar-refractivity contribution in [2.24, 2.45) is 0 Å². The zero-order chi connectivity index (χ0) is 11.8. The van der Waals surface area contributed by atoms with E-state index in [1.54, 1.807) is 0 Å². The summed E-state index contributed by atoms with van der Waals surface area (Å²) in [5.74, 6) is 0. The SMILES string of the molecule is CSc1nnc2c(n1)-c1ccc(Br)cc1CC2. The average molecular weight is 308 g/mol. The van der Waals surface area contributed by atoms with Gasteiger partial charge >= 0.3 is 0 Å². The number of benzene rings is 1. The Bertz CT molecular complexity index is 586. The van der Waals surface area contributed by atoms with Gasteiger partial charge in [-0.15, -0.1) is 5.10 Å². The second-order valence-corrected chi connectivity index (χ2v) is 5.58. The van der Waals surface area contributed by atoms with Crippen molar-refractivity contribution in [2.75, 3.05) is 6.26 Å². The first-order valence-corrected chi connectivity index (χ1v) is 7.36. The first kappa shape index (κ1) is 11.2. The quantitative estimate of drug-likeness (QED) is 0.759. The van der Waals surface area contributed by atoms with E-state index in [4.69, 9.17) is 0 Å². The minimum Gasteiger partial charge on any atom is -0.219 e. The molecule has 0 N–H and O–H groups in total. The molecule has 0 unspecified atom stereocenters. The summed E-state index contributed by atoms with van der Waals surface area (Å²) in [5, 5.41) is 9.10. The number of hydrogen-bond donors (Lipinski definition) is 0. The van der Waals surface area contributed by atoms with Crippen LogP contribution in [0.1, 0.15) is 11.3 Å². The van der Waals surface area contributed by atoms with Crippen molar-refractivity contribution in [1.29, 1.82) is 0 Å². The Labute approximate surface area is 112 Å². The van der Waals surface area contributed by atoms with Gasteiger partial charge in [-0.05, 0) is 36.8 Å². The van der Waals surface area contributed by atoms with Gasteiger partial charge in [0.05, 0.1) is 11.4 Å². The molecule has 0 radical (unpaired) electrons. The highest BCUT2D eigenvalue weighted by molar-refractivity contribution is 9.10. The topological polar surface area (TPSA) is 38.7 Å². The summed E-state index contributed by atoms with van der Waals surface area (Å²) in [7, 11) is 0. The van der Waals surface area contributed by atoms with E-state index in [-0.39, 0.29) is 0 Å². The molecule has 1 aliphatic carbocycles. The zero-order valence-electron chi connectivity index (χ0n) is 9.27. The lowest BCUT2D eigenvalue weighted by Gasteiger charge is -2.17. The molecule has 5 heteroatoms. The number of aromatic nitrogens is 3. The van der Waals surface area contributed by atoms with E-state index < -0.39 is 0 Å². The number of nitrogens with zero attached hydrogens (tertiary/aromatic N) is 3. The first-order chi connectivity index (χ1) is 8.28. The number of aryl methyl sites for hydroxylation is 2. The largest absolute Gasteiger partial charge is 0.219 e. The van der Waals surface area contributed by atoms with E-state index in [9.17, 15) is 0 Å². The Kier molecular flexibility index (Phi) is 2.88. The Hall–Kier alpha value is -0.940. The molecule has 0 amide bonds. The summed E-state index contributed by atoms with van der Waals surface area (Å²) in [4.78, 5) is 4.58. The van der Waals surface area contributed by atoms with Gasteiger partial charge in [0, 0.05) is 10.0 Å². The Balaban J connectivity index is 2.20. The van der Waals surface area contributed by atoms with Gasteiger partial charge in [-0.2, -0.15) is 5.10 Å². The van der Waals surface area contributed by atoms with Crippen LogP contribution in [0.5, 0.6) is 0 Å². The number of thioether (sulfide) groups is 1. The lowest BCUT2D eigenvalue weighted by atomic mass is 9.92. The Morgan fingerprint density at radius 2 is 2.12 bits per heavy atom. The van der Waals surface area contributed by atoms with Crippen molar-refractivity contribution in [2.45, 2.75) is 18.0 Å². The summed E-state index contributed by atoms with van der Waals surface area (Å²) in [6.07, 6.45) is 3.90. The molecule has 17 heavy (non-hydrogen) atoms. The minimum absolute atomic E-state index is 0.736. The molecule has 1 heterocycles. The summed E-state index contributed by atoms with van der Waals surface area (Å²) in [6, 6.07) is 6.32. The van der Waals surface area contributed by atoms with Crippen molar-refractivity contribution in [1.82, 2.24) is 15.2 Å². The molecule has 3 rings (SSSR count). The first-order valence-electron chi connectivity index (χ1n) is 5.34. The predicted molar refractivity (Wildman–Crippen MR) is 72.2 cm³/mol. The number of hydrogen-bond acceptors (Lipinski definition) is 4. The average Bonchev–Trinajstić information content (AvgIpc) is 2.37. The van der Waals surface area contributed by atoms with Crippen LogP contribution in [0.25, 0.3) is 11.3 Å². The van der Waals surface area contributed by atoms with Crippen molar-refractivity contribution >= 4 is 27.7 Å². The maximum atomic E-state index is 4.58. The number of rotatable bonds is 1. The Morgan fingerprint density at radius 1 is 1.24 bits per heavy atom. The fraction of sp³-hybridized carbons (Fsp3) is 0.250. The molecule has 0 fully saturated rings. The molecule has 0 spiro atoms. The molecule has 86 valence electrons. The smallest absolute Gasteiger partial charge is 0.209 e. The molecule has 2 aromatic rings. The second kappa shape index (κ2) is 4.38. The summed E-state index contributed by atoms with van der Waals surface area (Å²) in [6.45, 7) is 0. The summed E-state index contributed by atoms with van der Waals surface area (Å²) < 4.78 is 1.12. The molecular weight excluding hydrogens is 298 g/mol. The molecule has 0 aliphatic heterocycles. The molecule has 1 aromatic carbocycles. The van der Waals surface area contributed by atoms with Crippen LogP contribution >= 0.6 is 27.7 Å². The van der Waals surface area contributed by atoms with Gasteiger partial charge in [0.2, 0.25) is 5.16 Å². The Morgan fingerprint density at radius 3 is 2.94 bits per heavy atom. The van der Waals surface area contributed by atoms with Crippen LogP contribution in [0.4, 0.5) is 0 Å². The van der Waals surface area contributed by atoms with Gasteiger partial charge in [0.25, 0.3) is 0 Å². The highest BCUT2D eigenvalue weighted by Crippen LogP contribution is 2.32. The van der Waals surface area contributed by atoms with Crippen LogP contribution in [0.3, 0.4) is 0 Å². The third-order valence-electron chi connectivity index (χ3n) is 2.87. The van der Waals surface area contributed by atoms with Gasteiger partial charge in [0.15, 0.2) is 0 Å². The molecule has 0 saturated heterocycles. The van der Waals surface area contributed by atoms with E-state index >= 15 is 0 Å². The van der Waals surface area contributed by atoms with E-state index in [1.165, 1.54) is 22.9 Å². The van der Waals surface area contributed by atoms with Crippen molar-refractivity contribution in [3.05, 3.63) is 33.9 Å². The normalized spacial score (nSPS) is 13.1. The number of fused-ring (bicyclic) bond motifs is 3. The van der Waals surface area contributed by atoms with Crippen LogP contribution in [-0.2, 0) is 12.8 Å². The van der Waals surface area contributed by atoms with Crippen LogP contribution < -0.4 is 0 Å². The predicted octanol–water partition coefficient (Wildman–Crippen LogP) is 3.12. The van der Waals surface area contributed by atoms with Crippen LogP contribution in [0.2, 0.25) is 0 Å². The highest BCUT2D eigenvalue weighted by atomic mass is 79.9. The van der Waals surface area contributed by atoms with Gasteiger partial charge < -0.3 is 0 Å². The van der Waals surface area contributed by atoms with E-state index in [0.29, 0.717) is 0 Å². The maximum absolute atomic E-state index is 4.58.